The van der Waals surface area contributed by atoms with Crippen molar-refractivity contribution in [3.8, 4) is 124 Å². The Morgan fingerprint density at radius 3 is 1.00 bits per heavy atom. The van der Waals surface area contributed by atoms with E-state index in [-0.39, 0.29) is 0 Å². The predicted octanol–water partition coefficient (Wildman–Crippen LogP) is 22.2. The highest BCUT2D eigenvalue weighted by atomic mass is 15.1. The Morgan fingerprint density at radius 1 is 0.198 bits per heavy atom. The molecule has 17 aromatic rings. The van der Waals surface area contributed by atoms with Gasteiger partial charge in [0.15, 0.2) is 34.9 Å². The van der Waals surface area contributed by atoms with Crippen LogP contribution >= 0.6 is 0 Å². The van der Waals surface area contributed by atoms with Crippen molar-refractivity contribution < 1.29 is 0 Å². The lowest BCUT2D eigenvalue weighted by atomic mass is 9.95. The number of aryl methyl sites for hydroxylation is 4. The summed E-state index contributed by atoms with van der Waals surface area (Å²) < 4.78 is 4.79. The average molecular weight is 1230 g/mol. The molecule has 0 unspecified atom stereocenters. The van der Waals surface area contributed by atoms with Crippen molar-refractivity contribution in [1.82, 2.24) is 39.0 Å². The third kappa shape index (κ3) is 10.7. The standard InChI is InChI=1S/C88H62N8/c1-55-42-56(2)45-68(44-55)66-37-39-80-75(52-66)73-32-17-19-34-78(73)95(80)72-50-70(49-71(51-72)87-91-83(59-22-9-5-10-23-59)89-84(92-87)60-24-11-6-12-25-60)64-31-21-30-63(48-64)65-36-41-82(77(54-65)88-93-85(61-26-13-7-14-27-61)90-86(94-88)62-28-15-8-16-29-62)96-79-35-20-18-33-74(79)76-53-67(38-40-81(76)96)69-46-57(3)43-58(4)47-69/h5-54H,1-4H3. The Labute approximate surface area is 556 Å². The predicted molar refractivity (Wildman–Crippen MR) is 395 cm³/mol. The Hall–Kier alpha value is -12.5. The summed E-state index contributed by atoms with van der Waals surface area (Å²) in [5.74, 6) is 3.48. The summed E-state index contributed by atoms with van der Waals surface area (Å²) in [6.45, 7) is 8.68. The van der Waals surface area contributed by atoms with E-state index in [1.807, 2.05) is 72.8 Å². The fraction of sp³-hybridized carbons (Fsp3) is 0.0455. The van der Waals surface area contributed by atoms with Gasteiger partial charge in [0.2, 0.25) is 0 Å². The van der Waals surface area contributed by atoms with Crippen LogP contribution in [0.25, 0.3) is 168 Å². The highest BCUT2D eigenvalue weighted by molar-refractivity contribution is 6.12. The van der Waals surface area contributed by atoms with Crippen LogP contribution in [0.4, 0.5) is 0 Å². The van der Waals surface area contributed by atoms with E-state index >= 15 is 0 Å². The minimum Gasteiger partial charge on any atom is -0.309 e. The first-order valence-corrected chi connectivity index (χ1v) is 32.6. The highest BCUT2D eigenvalue weighted by Gasteiger charge is 2.23. The number of nitrogens with zero attached hydrogens (tertiary/aromatic N) is 8. The van der Waals surface area contributed by atoms with Crippen molar-refractivity contribution in [2.45, 2.75) is 27.7 Å². The van der Waals surface area contributed by atoms with Crippen molar-refractivity contribution in [3.63, 3.8) is 0 Å². The molecule has 0 saturated carbocycles. The zero-order valence-corrected chi connectivity index (χ0v) is 53.4. The van der Waals surface area contributed by atoms with Crippen molar-refractivity contribution in [2.75, 3.05) is 0 Å². The SMILES string of the molecule is Cc1cc(C)cc(-c2ccc3c(c2)c2ccccc2n3-c2cc(-c3cccc(-c4ccc(-n5c6ccccc6c6cc(-c7cc(C)cc(C)c7)ccc65)c(-c5nc(-c6ccccc6)nc(-c6ccccc6)n5)c4)c3)cc(-c3nc(-c4ccccc4)nc(-c4ccccc4)n3)c2)c1. The summed E-state index contributed by atoms with van der Waals surface area (Å²) in [4.78, 5) is 31.9. The fourth-order valence-corrected chi connectivity index (χ4v) is 14.0. The van der Waals surface area contributed by atoms with E-state index in [9.17, 15) is 0 Å². The maximum Gasteiger partial charge on any atom is 0.166 e. The van der Waals surface area contributed by atoms with E-state index in [1.165, 1.54) is 49.9 Å². The first kappa shape index (κ1) is 57.4. The lowest BCUT2D eigenvalue weighted by molar-refractivity contribution is 1.06. The highest BCUT2D eigenvalue weighted by Crippen LogP contribution is 2.43. The lowest BCUT2D eigenvalue weighted by Crippen LogP contribution is -2.04. The van der Waals surface area contributed by atoms with E-state index in [0.717, 1.165) is 105 Å². The Morgan fingerprint density at radius 2 is 0.521 bits per heavy atom. The summed E-state index contributed by atoms with van der Waals surface area (Å²) in [6, 6.07) is 108. The minimum atomic E-state index is 0.556. The van der Waals surface area contributed by atoms with Crippen LogP contribution in [0.5, 0.6) is 0 Å². The third-order valence-electron chi connectivity index (χ3n) is 18.3. The molecule has 0 fully saturated rings. The molecule has 96 heavy (non-hydrogen) atoms. The van der Waals surface area contributed by atoms with Gasteiger partial charge in [-0.15, -0.1) is 0 Å². The van der Waals surface area contributed by atoms with E-state index in [4.69, 9.17) is 29.9 Å². The largest absolute Gasteiger partial charge is 0.309 e. The zero-order chi connectivity index (χ0) is 64.4. The summed E-state index contributed by atoms with van der Waals surface area (Å²) in [5, 5.41) is 4.64. The first-order valence-electron chi connectivity index (χ1n) is 32.6. The zero-order valence-electron chi connectivity index (χ0n) is 53.4. The number of para-hydroxylation sites is 2. The van der Waals surface area contributed by atoms with Crippen LogP contribution in [0.15, 0.2) is 303 Å². The normalized spacial score (nSPS) is 11.5. The Bertz CT molecular complexity index is 5720. The molecular weight excluding hydrogens is 1170 g/mol. The molecule has 0 aliphatic carbocycles. The average Bonchev–Trinajstić information content (AvgIpc) is 1.60. The summed E-state index contributed by atoms with van der Waals surface area (Å²) in [7, 11) is 0. The molecule has 0 atom stereocenters. The van der Waals surface area contributed by atoms with Crippen LogP contribution in [0.3, 0.4) is 0 Å². The van der Waals surface area contributed by atoms with Crippen molar-refractivity contribution in [1.29, 1.82) is 0 Å². The molecule has 0 aliphatic heterocycles. The summed E-state index contributed by atoms with van der Waals surface area (Å²) in [6.07, 6.45) is 0. The molecule has 0 saturated heterocycles. The van der Waals surface area contributed by atoms with Crippen LogP contribution < -0.4 is 0 Å². The van der Waals surface area contributed by atoms with Gasteiger partial charge in [-0.3, -0.25) is 0 Å². The van der Waals surface area contributed by atoms with Crippen LogP contribution in [-0.2, 0) is 0 Å². The molecule has 0 bridgehead atoms. The molecule has 13 aromatic carbocycles. The van der Waals surface area contributed by atoms with Crippen molar-refractivity contribution in [3.05, 3.63) is 326 Å². The molecule has 0 N–H and O–H groups in total. The van der Waals surface area contributed by atoms with E-state index < -0.39 is 0 Å². The van der Waals surface area contributed by atoms with E-state index in [1.54, 1.807) is 0 Å². The molecular formula is C88H62N8. The van der Waals surface area contributed by atoms with Crippen molar-refractivity contribution in [2.24, 2.45) is 0 Å². The van der Waals surface area contributed by atoms with Gasteiger partial charge >= 0.3 is 0 Å². The molecule has 0 spiro atoms. The van der Waals surface area contributed by atoms with Gasteiger partial charge in [-0.05, 0) is 145 Å². The lowest BCUT2D eigenvalue weighted by Gasteiger charge is -2.17. The molecule has 0 radical (unpaired) electrons. The van der Waals surface area contributed by atoms with E-state index in [0.29, 0.717) is 34.9 Å². The topological polar surface area (TPSA) is 87.2 Å². The monoisotopic (exact) mass is 1230 g/mol. The summed E-state index contributed by atoms with van der Waals surface area (Å²) >= 11 is 0. The van der Waals surface area contributed by atoms with Crippen LogP contribution in [0.2, 0.25) is 0 Å². The molecule has 0 aliphatic rings. The van der Waals surface area contributed by atoms with Crippen molar-refractivity contribution >= 4 is 43.6 Å². The molecule has 4 aromatic heterocycles. The second-order valence-corrected chi connectivity index (χ2v) is 25.1. The Kier molecular flexibility index (Phi) is 14.3. The smallest absolute Gasteiger partial charge is 0.166 e. The number of hydrogen-bond donors (Lipinski definition) is 0. The second kappa shape index (κ2) is 23.9. The Balaban J connectivity index is 0.881. The second-order valence-electron chi connectivity index (χ2n) is 25.1. The van der Waals surface area contributed by atoms with Gasteiger partial charge in [0.05, 0.1) is 27.8 Å². The van der Waals surface area contributed by atoms with Crippen LogP contribution in [0.1, 0.15) is 22.3 Å². The number of fused-ring (bicyclic) bond motifs is 6. The molecule has 8 nitrogen and oxygen atoms in total. The number of aromatic nitrogens is 8. The van der Waals surface area contributed by atoms with Gasteiger partial charge in [-0.1, -0.05) is 253 Å². The van der Waals surface area contributed by atoms with Gasteiger partial charge in [-0.2, -0.15) is 0 Å². The first-order chi connectivity index (χ1) is 47.2. The maximum atomic E-state index is 5.44. The molecule has 4 heterocycles. The summed E-state index contributed by atoms with van der Waals surface area (Å²) in [5.41, 5.74) is 25.2. The molecule has 17 rings (SSSR count). The molecule has 8 heteroatoms. The van der Waals surface area contributed by atoms with E-state index in [2.05, 4.69) is 267 Å². The van der Waals surface area contributed by atoms with Crippen LogP contribution in [0, 0.1) is 27.7 Å². The van der Waals surface area contributed by atoms with Gasteiger partial charge in [0.1, 0.15) is 0 Å². The number of rotatable bonds is 12. The number of hydrogen-bond acceptors (Lipinski definition) is 6. The van der Waals surface area contributed by atoms with Crippen LogP contribution in [-0.4, -0.2) is 39.0 Å². The number of benzene rings is 13. The van der Waals surface area contributed by atoms with Gasteiger partial charge in [0, 0.05) is 60.6 Å². The van der Waals surface area contributed by atoms with Gasteiger partial charge in [-0.25, -0.2) is 29.9 Å². The van der Waals surface area contributed by atoms with Gasteiger partial charge in [0.25, 0.3) is 0 Å². The third-order valence-corrected chi connectivity index (χ3v) is 18.3. The quantitative estimate of drug-likeness (QED) is 0.121. The minimum absolute atomic E-state index is 0.556. The molecule has 454 valence electrons. The molecule has 0 amide bonds. The maximum absolute atomic E-state index is 5.44. The fourth-order valence-electron chi connectivity index (χ4n) is 14.0. The van der Waals surface area contributed by atoms with Gasteiger partial charge < -0.3 is 9.13 Å².